The first-order valence-corrected chi connectivity index (χ1v) is 6.50. The molecule has 4 nitrogen and oxygen atoms in total. The third-order valence-electron chi connectivity index (χ3n) is 4.31. The molecule has 0 aromatic rings. The van der Waals surface area contributed by atoms with Gasteiger partial charge >= 0.3 is 5.97 Å². The fourth-order valence-corrected chi connectivity index (χ4v) is 2.81. The maximum atomic E-state index is 12.1. The van der Waals surface area contributed by atoms with E-state index >= 15 is 0 Å². The van der Waals surface area contributed by atoms with Gasteiger partial charge in [0, 0.05) is 13.1 Å². The molecule has 0 radical (unpaired) electrons. The molecular weight excluding hydrogens is 218 g/mol. The molecule has 1 amide bonds. The van der Waals surface area contributed by atoms with Gasteiger partial charge in [0.25, 0.3) is 0 Å². The predicted molar refractivity (Wildman–Crippen MR) is 63.4 cm³/mol. The monoisotopic (exact) mass is 239 g/mol. The fourth-order valence-electron chi connectivity index (χ4n) is 2.81. The first-order chi connectivity index (χ1) is 8.00. The Balaban J connectivity index is 1.86. The molecule has 0 aromatic heterocycles. The van der Waals surface area contributed by atoms with Crippen molar-refractivity contribution in [3.63, 3.8) is 0 Å². The van der Waals surface area contributed by atoms with Gasteiger partial charge in [0.1, 0.15) is 0 Å². The zero-order valence-corrected chi connectivity index (χ0v) is 10.6. The van der Waals surface area contributed by atoms with Crippen LogP contribution in [0, 0.1) is 17.8 Å². The largest absolute Gasteiger partial charge is 0.481 e. The van der Waals surface area contributed by atoms with Crippen LogP contribution in [-0.4, -0.2) is 35.0 Å². The van der Waals surface area contributed by atoms with Crippen LogP contribution in [0.4, 0.5) is 0 Å². The van der Waals surface area contributed by atoms with E-state index < -0.39 is 11.9 Å². The first kappa shape index (κ1) is 12.4. The number of carboxylic acid groups (broad SMARTS) is 1. The third-order valence-corrected chi connectivity index (χ3v) is 4.31. The molecule has 4 heteroatoms. The summed E-state index contributed by atoms with van der Waals surface area (Å²) in [6.07, 6.45) is 5.01. The number of hydrogen-bond donors (Lipinski definition) is 1. The Bertz CT molecular complexity index is 321. The second-order valence-electron chi connectivity index (χ2n) is 5.65. The topological polar surface area (TPSA) is 57.6 Å². The van der Waals surface area contributed by atoms with Crippen molar-refractivity contribution in [2.24, 2.45) is 17.8 Å². The molecule has 0 saturated heterocycles. The number of carbonyl (C=O) groups excluding carboxylic acids is 1. The molecule has 2 aliphatic rings. The van der Waals surface area contributed by atoms with E-state index in [-0.39, 0.29) is 11.8 Å². The minimum atomic E-state index is -0.825. The van der Waals surface area contributed by atoms with Crippen molar-refractivity contribution in [2.75, 3.05) is 7.05 Å². The van der Waals surface area contributed by atoms with Crippen LogP contribution in [0.5, 0.6) is 0 Å². The smallest absolute Gasteiger partial charge is 0.307 e. The van der Waals surface area contributed by atoms with Gasteiger partial charge in [-0.2, -0.15) is 0 Å². The van der Waals surface area contributed by atoms with E-state index in [0.29, 0.717) is 12.5 Å². The average Bonchev–Trinajstić information content (AvgIpc) is 3.08. The second kappa shape index (κ2) is 4.67. The molecule has 2 rings (SSSR count). The molecule has 2 aliphatic carbocycles. The molecule has 17 heavy (non-hydrogen) atoms. The molecule has 0 spiro atoms. The summed E-state index contributed by atoms with van der Waals surface area (Å²) in [5.74, 6) is -0.697. The third kappa shape index (κ3) is 2.61. The zero-order chi connectivity index (χ0) is 12.6. The van der Waals surface area contributed by atoms with Gasteiger partial charge in [-0.1, -0.05) is 6.92 Å². The van der Waals surface area contributed by atoms with E-state index in [1.807, 2.05) is 7.05 Å². The summed E-state index contributed by atoms with van der Waals surface area (Å²) in [7, 11) is 1.83. The molecule has 0 heterocycles. The lowest BCUT2D eigenvalue weighted by molar-refractivity contribution is -0.142. The number of rotatable bonds is 3. The average molecular weight is 239 g/mol. The standard InChI is InChI=1S/C13H21NO3/c1-8-3-5-9(6-4-8)14(2)12(15)10-7-11(10)13(16)17/h8-11H,3-7H2,1-2H3,(H,16,17). The summed E-state index contributed by atoms with van der Waals surface area (Å²) >= 11 is 0. The Morgan fingerprint density at radius 1 is 1.12 bits per heavy atom. The predicted octanol–water partition coefficient (Wildman–Crippen LogP) is 1.74. The van der Waals surface area contributed by atoms with Gasteiger partial charge in [-0.25, -0.2) is 0 Å². The van der Waals surface area contributed by atoms with Crippen LogP contribution < -0.4 is 0 Å². The summed E-state index contributed by atoms with van der Waals surface area (Å²) in [6.45, 7) is 2.25. The van der Waals surface area contributed by atoms with Crippen molar-refractivity contribution in [1.29, 1.82) is 0 Å². The highest BCUT2D eigenvalue weighted by atomic mass is 16.4. The molecule has 2 unspecified atom stereocenters. The van der Waals surface area contributed by atoms with Crippen LogP contribution in [0.3, 0.4) is 0 Å². The van der Waals surface area contributed by atoms with Gasteiger partial charge < -0.3 is 10.0 Å². The van der Waals surface area contributed by atoms with Gasteiger partial charge in [0.15, 0.2) is 0 Å². The molecule has 0 aliphatic heterocycles. The summed E-state index contributed by atoms with van der Waals surface area (Å²) in [5.41, 5.74) is 0. The number of aliphatic carboxylic acids is 1. The maximum absolute atomic E-state index is 12.1. The minimum Gasteiger partial charge on any atom is -0.481 e. The van der Waals surface area contributed by atoms with E-state index in [1.165, 1.54) is 12.8 Å². The number of carboxylic acids is 1. The Labute approximate surface area is 102 Å². The highest BCUT2D eigenvalue weighted by Crippen LogP contribution is 2.41. The highest BCUT2D eigenvalue weighted by molar-refractivity contribution is 5.89. The summed E-state index contributed by atoms with van der Waals surface area (Å²) in [5, 5.41) is 8.83. The van der Waals surface area contributed by atoms with Gasteiger partial charge in [-0.15, -0.1) is 0 Å². The van der Waals surface area contributed by atoms with Crippen molar-refractivity contribution in [1.82, 2.24) is 4.90 Å². The Hall–Kier alpha value is -1.06. The van der Waals surface area contributed by atoms with Gasteiger partial charge in [-0.3, -0.25) is 9.59 Å². The number of nitrogens with zero attached hydrogens (tertiary/aromatic N) is 1. The SMILES string of the molecule is CC1CCC(N(C)C(=O)C2CC2C(=O)O)CC1. The minimum absolute atomic E-state index is 0.0388. The lowest BCUT2D eigenvalue weighted by Crippen LogP contribution is -2.40. The normalized spacial score (nSPS) is 36.4. The number of hydrogen-bond acceptors (Lipinski definition) is 2. The Morgan fingerprint density at radius 3 is 2.18 bits per heavy atom. The van der Waals surface area contributed by atoms with E-state index in [4.69, 9.17) is 5.11 Å². The lowest BCUT2D eigenvalue weighted by Gasteiger charge is -2.33. The van der Waals surface area contributed by atoms with Gasteiger partial charge in [0.2, 0.25) is 5.91 Å². The molecule has 0 bridgehead atoms. The van der Waals surface area contributed by atoms with Gasteiger partial charge in [-0.05, 0) is 38.0 Å². The number of amides is 1. The molecule has 0 aromatic carbocycles. The van der Waals surface area contributed by atoms with Crippen LogP contribution in [0.15, 0.2) is 0 Å². The van der Waals surface area contributed by atoms with Crippen molar-refractivity contribution in [3.8, 4) is 0 Å². The first-order valence-electron chi connectivity index (χ1n) is 6.50. The molecule has 2 fully saturated rings. The zero-order valence-electron chi connectivity index (χ0n) is 10.6. The van der Waals surface area contributed by atoms with E-state index in [0.717, 1.165) is 18.8 Å². The molecule has 1 N–H and O–H groups in total. The molecule has 2 atom stereocenters. The van der Waals surface area contributed by atoms with Crippen molar-refractivity contribution < 1.29 is 14.7 Å². The van der Waals surface area contributed by atoms with Gasteiger partial charge in [0.05, 0.1) is 11.8 Å². The van der Waals surface area contributed by atoms with Crippen molar-refractivity contribution in [3.05, 3.63) is 0 Å². The molecular formula is C13H21NO3. The van der Waals surface area contributed by atoms with Crippen LogP contribution in [0.1, 0.15) is 39.0 Å². The molecule has 96 valence electrons. The summed E-state index contributed by atoms with van der Waals surface area (Å²) in [6, 6.07) is 0.328. The van der Waals surface area contributed by atoms with Crippen molar-refractivity contribution >= 4 is 11.9 Å². The van der Waals surface area contributed by atoms with Crippen molar-refractivity contribution in [2.45, 2.75) is 45.1 Å². The Kier molecular flexibility index (Phi) is 3.40. The van der Waals surface area contributed by atoms with Crippen LogP contribution in [0.25, 0.3) is 0 Å². The number of carbonyl (C=O) groups is 2. The summed E-state index contributed by atoms with van der Waals surface area (Å²) < 4.78 is 0. The van der Waals surface area contributed by atoms with Crippen LogP contribution in [-0.2, 0) is 9.59 Å². The molecule has 2 saturated carbocycles. The Morgan fingerprint density at radius 2 is 1.71 bits per heavy atom. The quantitative estimate of drug-likeness (QED) is 0.816. The van der Waals surface area contributed by atoms with Crippen LogP contribution in [0.2, 0.25) is 0 Å². The van der Waals surface area contributed by atoms with E-state index in [9.17, 15) is 9.59 Å². The second-order valence-corrected chi connectivity index (χ2v) is 5.65. The highest BCUT2D eigenvalue weighted by Gasteiger charge is 2.50. The van der Waals surface area contributed by atoms with E-state index in [1.54, 1.807) is 4.90 Å². The fraction of sp³-hybridized carbons (Fsp3) is 0.846. The summed E-state index contributed by atoms with van der Waals surface area (Å²) in [4.78, 5) is 24.6. The van der Waals surface area contributed by atoms with Crippen LogP contribution >= 0.6 is 0 Å². The lowest BCUT2D eigenvalue weighted by atomic mass is 9.86. The van der Waals surface area contributed by atoms with E-state index in [2.05, 4.69) is 6.92 Å². The maximum Gasteiger partial charge on any atom is 0.307 e.